The Morgan fingerprint density at radius 1 is 1.15 bits per heavy atom. The number of carbonyl (C=O) groups is 2. The number of hydrogen-bond donors (Lipinski definition) is 2. The Labute approximate surface area is 228 Å². The molecule has 1 atom stereocenters. The van der Waals surface area contributed by atoms with Crippen molar-refractivity contribution in [1.29, 1.82) is 0 Å². The molecule has 2 N–H and O–H groups in total. The van der Waals surface area contributed by atoms with Gasteiger partial charge in [0.15, 0.2) is 5.60 Å². The normalized spacial score (nSPS) is 22.7. The molecule has 1 aliphatic carbocycles. The van der Waals surface area contributed by atoms with Crippen LogP contribution in [0.5, 0.6) is 0 Å². The number of amides is 2. The molecule has 1 fully saturated rings. The number of fused-ring (bicyclic) bond motifs is 1. The van der Waals surface area contributed by atoms with Gasteiger partial charge in [-0.05, 0) is 62.3 Å². The van der Waals surface area contributed by atoms with Gasteiger partial charge in [-0.2, -0.15) is 0 Å². The van der Waals surface area contributed by atoms with Gasteiger partial charge in [0.25, 0.3) is 18.2 Å². The van der Waals surface area contributed by atoms with Gasteiger partial charge in [0.1, 0.15) is 11.5 Å². The van der Waals surface area contributed by atoms with Crippen molar-refractivity contribution in [3.63, 3.8) is 0 Å². The summed E-state index contributed by atoms with van der Waals surface area (Å²) in [6.07, 6.45) is 0.639. The Kier molecular flexibility index (Phi) is 7.39. The van der Waals surface area contributed by atoms with Gasteiger partial charge in [-0.3, -0.25) is 14.6 Å². The Morgan fingerprint density at radius 3 is 2.56 bits per heavy atom. The fourth-order valence-electron chi connectivity index (χ4n) is 5.60. The fourth-order valence-corrected chi connectivity index (χ4v) is 5.76. The van der Waals surface area contributed by atoms with E-state index in [-0.39, 0.29) is 28.1 Å². The molecule has 2 heterocycles. The molecule has 0 radical (unpaired) electrons. The summed E-state index contributed by atoms with van der Waals surface area (Å²) in [5.41, 5.74) is -1.30. The first kappa shape index (κ1) is 27.1. The van der Waals surface area contributed by atoms with Crippen molar-refractivity contribution in [2.75, 3.05) is 11.4 Å². The average molecular weight is 558 g/mol. The molecule has 0 saturated heterocycles. The second kappa shape index (κ2) is 10.6. The van der Waals surface area contributed by atoms with Gasteiger partial charge in [-0.1, -0.05) is 41.9 Å². The highest BCUT2D eigenvalue weighted by Crippen LogP contribution is 2.46. The van der Waals surface area contributed by atoms with Crippen LogP contribution in [-0.2, 0) is 10.4 Å². The molecule has 0 spiro atoms. The topological polar surface area (TPSA) is 82.5 Å². The van der Waals surface area contributed by atoms with Crippen LogP contribution in [0.25, 0.3) is 0 Å². The molecule has 0 bridgehead atoms. The van der Waals surface area contributed by atoms with Crippen molar-refractivity contribution < 1.29 is 27.9 Å². The van der Waals surface area contributed by atoms with Crippen molar-refractivity contribution in [1.82, 2.24) is 10.3 Å². The number of benzene rings is 2. The van der Waals surface area contributed by atoms with E-state index in [1.165, 1.54) is 29.2 Å². The zero-order chi connectivity index (χ0) is 27.9. The van der Waals surface area contributed by atoms with E-state index in [0.29, 0.717) is 43.5 Å². The third-order valence-electron chi connectivity index (χ3n) is 7.61. The molecule has 204 valence electrons. The molecule has 3 aromatic rings. The van der Waals surface area contributed by atoms with Crippen molar-refractivity contribution in [3.05, 3.63) is 93.5 Å². The van der Waals surface area contributed by atoms with E-state index in [1.807, 2.05) is 13.0 Å². The third-order valence-corrected chi connectivity index (χ3v) is 7.82. The summed E-state index contributed by atoms with van der Waals surface area (Å²) in [4.78, 5) is 31.6. The monoisotopic (exact) mass is 557 g/mol. The minimum Gasteiger partial charge on any atom is -0.372 e. The molecular formula is C29H27ClF3N3O3. The van der Waals surface area contributed by atoms with E-state index in [0.717, 1.165) is 11.8 Å². The van der Waals surface area contributed by atoms with E-state index in [4.69, 9.17) is 11.6 Å². The van der Waals surface area contributed by atoms with Crippen LogP contribution >= 0.6 is 11.6 Å². The largest absolute Gasteiger partial charge is 0.372 e. The summed E-state index contributed by atoms with van der Waals surface area (Å²) < 4.78 is 41.4. The van der Waals surface area contributed by atoms with Crippen LogP contribution in [0, 0.1) is 18.7 Å². The number of aryl methyl sites for hydroxylation is 1. The zero-order valence-corrected chi connectivity index (χ0v) is 21.9. The molecule has 5 rings (SSSR count). The molecule has 2 amide bonds. The number of nitrogens with zero attached hydrogens (tertiary/aromatic N) is 2. The predicted octanol–water partition coefficient (Wildman–Crippen LogP) is 5.69. The molecule has 2 aliphatic rings. The summed E-state index contributed by atoms with van der Waals surface area (Å²) in [7, 11) is 0. The summed E-state index contributed by atoms with van der Waals surface area (Å²) in [5, 5.41) is 14.5. The molecule has 1 aliphatic heterocycles. The molecular weight excluding hydrogens is 531 g/mol. The number of anilines is 1. The summed E-state index contributed by atoms with van der Waals surface area (Å²) in [6.45, 7) is 2.20. The van der Waals surface area contributed by atoms with Crippen LogP contribution in [0.3, 0.4) is 0 Å². The number of carbonyl (C=O) groups excluding carboxylic acids is 2. The van der Waals surface area contributed by atoms with Gasteiger partial charge in [0.2, 0.25) is 0 Å². The second-order valence-electron chi connectivity index (χ2n) is 10.2. The average Bonchev–Trinajstić information content (AvgIpc) is 3.11. The van der Waals surface area contributed by atoms with Gasteiger partial charge in [0.05, 0.1) is 16.3 Å². The number of alkyl halides is 2. The number of nitrogens with one attached hydrogen (secondary N) is 1. The summed E-state index contributed by atoms with van der Waals surface area (Å²) in [5.74, 6) is -1.86. The fraction of sp³-hybridized carbons (Fsp3) is 0.345. The van der Waals surface area contributed by atoms with Crippen molar-refractivity contribution >= 4 is 29.1 Å². The van der Waals surface area contributed by atoms with E-state index < -0.39 is 35.4 Å². The molecule has 10 heteroatoms. The van der Waals surface area contributed by atoms with E-state index in [1.54, 1.807) is 18.2 Å². The Bertz CT molecular complexity index is 1430. The standard InChI is InChI=1S/C29H27ClF3N3O3/c1-16-6-11-22-24(12-16)36(28(38)29(22,39)21-4-2-3-5-23(21)31)15-17-7-9-19(10-8-17)35-27(37)20-13-18(30)14-34-25(20)26(32)33/h2-6,11-14,17,19,26,39H,7-10,15H2,1H3,(H,35,37)/t17-,19-,29?. The summed E-state index contributed by atoms with van der Waals surface area (Å²) >= 11 is 5.88. The third kappa shape index (κ3) is 5.01. The lowest BCUT2D eigenvalue weighted by molar-refractivity contribution is -0.132. The molecule has 6 nitrogen and oxygen atoms in total. The van der Waals surface area contributed by atoms with Crippen molar-refractivity contribution in [3.8, 4) is 0 Å². The van der Waals surface area contributed by atoms with Crippen molar-refractivity contribution in [2.45, 2.75) is 50.7 Å². The van der Waals surface area contributed by atoms with Gasteiger partial charge in [-0.15, -0.1) is 0 Å². The minimum atomic E-state index is -2.91. The van der Waals surface area contributed by atoms with Crippen molar-refractivity contribution in [2.24, 2.45) is 5.92 Å². The number of hydrogen-bond acceptors (Lipinski definition) is 4. The van der Waals surface area contributed by atoms with Gasteiger partial charge in [0, 0.05) is 29.9 Å². The van der Waals surface area contributed by atoms with E-state index in [2.05, 4.69) is 10.3 Å². The van der Waals surface area contributed by atoms with Crippen LogP contribution in [0.2, 0.25) is 5.02 Å². The Balaban J connectivity index is 1.29. The highest BCUT2D eigenvalue weighted by molar-refractivity contribution is 6.30. The lowest BCUT2D eigenvalue weighted by Crippen LogP contribution is -2.45. The summed E-state index contributed by atoms with van der Waals surface area (Å²) in [6, 6.07) is 11.9. The Hall–Kier alpha value is -3.43. The first-order valence-corrected chi connectivity index (χ1v) is 13.1. The maximum absolute atomic E-state index is 14.8. The molecule has 1 unspecified atom stereocenters. The number of aliphatic hydroxyl groups is 1. The number of rotatable bonds is 6. The predicted molar refractivity (Wildman–Crippen MR) is 140 cm³/mol. The quantitative estimate of drug-likeness (QED) is 0.408. The van der Waals surface area contributed by atoms with E-state index in [9.17, 15) is 27.9 Å². The maximum Gasteiger partial charge on any atom is 0.281 e. The number of halogens is 4. The molecule has 1 saturated carbocycles. The molecule has 2 aromatic carbocycles. The SMILES string of the molecule is Cc1ccc2c(c1)N(C[C@H]1CC[C@H](NC(=O)c3cc(Cl)cnc3C(F)F)CC1)C(=O)C2(O)c1ccccc1F. The second-order valence-corrected chi connectivity index (χ2v) is 10.6. The highest BCUT2D eigenvalue weighted by atomic mass is 35.5. The van der Waals surface area contributed by atoms with E-state index >= 15 is 0 Å². The maximum atomic E-state index is 14.8. The van der Waals surface area contributed by atoms with Crippen LogP contribution in [0.15, 0.2) is 54.7 Å². The van der Waals surface area contributed by atoms with Crippen LogP contribution in [0.4, 0.5) is 18.9 Å². The molecule has 39 heavy (non-hydrogen) atoms. The lowest BCUT2D eigenvalue weighted by Gasteiger charge is -2.32. The zero-order valence-electron chi connectivity index (χ0n) is 21.1. The van der Waals surface area contributed by atoms with Gasteiger partial charge in [-0.25, -0.2) is 13.2 Å². The highest BCUT2D eigenvalue weighted by Gasteiger charge is 2.52. The Morgan fingerprint density at radius 2 is 1.87 bits per heavy atom. The van der Waals surface area contributed by atoms with Crippen LogP contribution in [0.1, 0.15) is 64.9 Å². The first-order valence-electron chi connectivity index (χ1n) is 12.7. The minimum absolute atomic E-state index is 0.0582. The number of pyridine rings is 1. The molecule has 1 aromatic heterocycles. The first-order chi connectivity index (χ1) is 18.6. The van der Waals surface area contributed by atoms with Crippen LogP contribution in [-0.4, -0.2) is 34.5 Å². The van der Waals surface area contributed by atoms with Gasteiger partial charge < -0.3 is 15.3 Å². The smallest absolute Gasteiger partial charge is 0.281 e. The lowest BCUT2D eigenvalue weighted by atomic mass is 9.85. The van der Waals surface area contributed by atoms with Crippen LogP contribution < -0.4 is 10.2 Å². The number of aromatic nitrogens is 1. The van der Waals surface area contributed by atoms with Gasteiger partial charge >= 0.3 is 0 Å².